The van der Waals surface area contributed by atoms with Crippen LogP contribution in [0.15, 0.2) is 58.1 Å². The second-order valence-corrected chi connectivity index (χ2v) is 9.11. The zero-order valence-corrected chi connectivity index (χ0v) is 20.8. The van der Waals surface area contributed by atoms with Crippen LogP contribution < -0.4 is 16.0 Å². The first-order valence-electron chi connectivity index (χ1n) is 11.7. The maximum absolute atomic E-state index is 13.5. The van der Waals surface area contributed by atoms with E-state index in [1.54, 1.807) is 16.7 Å². The predicted octanol–water partition coefficient (Wildman–Crippen LogP) is 4.38. The molecule has 0 aliphatic heterocycles. The molecule has 9 heteroatoms. The van der Waals surface area contributed by atoms with E-state index in [2.05, 4.69) is 18.8 Å². The molecule has 0 amide bonds. The molecule has 0 atom stereocenters. The van der Waals surface area contributed by atoms with Gasteiger partial charge in [0.1, 0.15) is 5.75 Å². The van der Waals surface area contributed by atoms with Gasteiger partial charge in [0.25, 0.3) is 5.56 Å². The van der Waals surface area contributed by atoms with E-state index in [1.165, 1.54) is 4.57 Å². The number of halogens is 1. The zero-order valence-electron chi connectivity index (χ0n) is 20.1. The average Bonchev–Trinajstić information content (AvgIpc) is 3.18. The van der Waals surface area contributed by atoms with Crippen LogP contribution in [0.1, 0.15) is 44.2 Å². The molecule has 1 N–H and O–H groups in total. The molecule has 4 aromatic rings. The highest BCUT2D eigenvalue weighted by Crippen LogP contribution is 2.28. The minimum absolute atomic E-state index is 0.114. The fraction of sp³-hybridized carbons (Fsp3) is 0.346. The van der Waals surface area contributed by atoms with Crippen molar-refractivity contribution in [2.24, 2.45) is 0 Å². The third-order valence-corrected chi connectivity index (χ3v) is 6.18. The lowest BCUT2D eigenvalue weighted by atomic mass is 10.0. The molecule has 0 unspecified atom stereocenters. The SMILES string of the molecule is CCn1c(=O)n(CCCO)c(=O)c2c1nc(Oc1cccc(C(C)C)c1)n2Cc1ccc(Cl)cc1. The van der Waals surface area contributed by atoms with Gasteiger partial charge in [-0.15, -0.1) is 0 Å². The summed E-state index contributed by atoms with van der Waals surface area (Å²) in [5, 5.41) is 9.89. The average molecular weight is 497 g/mol. The van der Waals surface area contributed by atoms with Gasteiger partial charge in [0.2, 0.25) is 0 Å². The molecule has 2 aromatic carbocycles. The first kappa shape index (κ1) is 24.8. The summed E-state index contributed by atoms with van der Waals surface area (Å²) in [7, 11) is 0. The van der Waals surface area contributed by atoms with E-state index in [0.717, 1.165) is 15.7 Å². The molecule has 0 saturated heterocycles. The number of fused-ring (bicyclic) bond motifs is 1. The molecular weight excluding hydrogens is 468 g/mol. The molecule has 184 valence electrons. The van der Waals surface area contributed by atoms with Crippen LogP contribution in [0.5, 0.6) is 11.8 Å². The summed E-state index contributed by atoms with van der Waals surface area (Å²) < 4.78 is 10.5. The Bertz CT molecular complexity index is 1450. The highest BCUT2D eigenvalue weighted by molar-refractivity contribution is 6.30. The smallest absolute Gasteiger partial charge is 0.332 e. The number of hydrogen-bond acceptors (Lipinski definition) is 5. The fourth-order valence-electron chi connectivity index (χ4n) is 4.02. The van der Waals surface area contributed by atoms with Gasteiger partial charge in [-0.25, -0.2) is 4.79 Å². The van der Waals surface area contributed by atoms with Crippen LogP contribution in [-0.4, -0.2) is 30.4 Å². The number of aliphatic hydroxyl groups is 1. The van der Waals surface area contributed by atoms with Crippen LogP contribution in [0, 0.1) is 0 Å². The Hall–Kier alpha value is -3.36. The number of imidazole rings is 1. The first-order chi connectivity index (χ1) is 16.8. The van der Waals surface area contributed by atoms with Gasteiger partial charge in [-0.3, -0.25) is 18.5 Å². The fourth-order valence-corrected chi connectivity index (χ4v) is 4.15. The largest absolute Gasteiger partial charge is 0.425 e. The quantitative estimate of drug-likeness (QED) is 0.371. The van der Waals surface area contributed by atoms with Gasteiger partial charge in [-0.2, -0.15) is 4.98 Å². The number of ether oxygens (including phenoxy) is 1. The van der Waals surface area contributed by atoms with Crippen LogP contribution in [-0.2, 0) is 19.6 Å². The first-order valence-corrected chi connectivity index (χ1v) is 12.1. The molecule has 0 aliphatic rings. The van der Waals surface area contributed by atoms with Gasteiger partial charge >= 0.3 is 11.7 Å². The molecule has 35 heavy (non-hydrogen) atoms. The summed E-state index contributed by atoms with van der Waals surface area (Å²) in [4.78, 5) is 31.2. The van der Waals surface area contributed by atoms with Crippen LogP contribution in [0.3, 0.4) is 0 Å². The summed E-state index contributed by atoms with van der Waals surface area (Å²) in [6, 6.07) is 15.3. The van der Waals surface area contributed by atoms with Crippen molar-refractivity contribution >= 4 is 22.8 Å². The van der Waals surface area contributed by atoms with Gasteiger partial charge in [-0.1, -0.05) is 49.7 Å². The van der Waals surface area contributed by atoms with Crippen molar-refractivity contribution in [2.45, 2.75) is 52.7 Å². The van der Waals surface area contributed by atoms with E-state index < -0.39 is 11.2 Å². The van der Waals surface area contributed by atoms with Gasteiger partial charge < -0.3 is 9.84 Å². The zero-order chi connectivity index (χ0) is 25.1. The molecule has 2 heterocycles. The second kappa shape index (κ2) is 10.5. The van der Waals surface area contributed by atoms with Crippen molar-refractivity contribution in [3.05, 3.63) is 85.5 Å². The molecule has 8 nitrogen and oxygen atoms in total. The number of hydrogen-bond donors (Lipinski definition) is 1. The third-order valence-electron chi connectivity index (χ3n) is 5.92. The molecule has 0 aliphatic carbocycles. The summed E-state index contributed by atoms with van der Waals surface area (Å²) in [6.07, 6.45) is 0.293. The topological polar surface area (TPSA) is 91.3 Å². The maximum Gasteiger partial charge on any atom is 0.332 e. The van der Waals surface area contributed by atoms with E-state index in [9.17, 15) is 14.7 Å². The Morgan fingerprint density at radius 2 is 1.80 bits per heavy atom. The molecule has 0 bridgehead atoms. The molecule has 0 spiro atoms. The standard InChI is InChI=1S/C26H29ClN4O4/c1-4-29-23-22(24(33)30(26(29)34)13-6-14-32)31(16-18-9-11-20(27)12-10-18)25(28-23)35-21-8-5-7-19(15-21)17(2)3/h5,7-12,15,17,32H,4,6,13-14,16H2,1-3H3. The Morgan fingerprint density at radius 1 is 1.06 bits per heavy atom. The number of nitrogens with zero attached hydrogens (tertiary/aromatic N) is 4. The summed E-state index contributed by atoms with van der Waals surface area (Å²) >= 11 is 6.06. The second-order valence-electron chi connectivity index (χ2n) is 8.67. The van der Waals surface area contributed by atoms with E-state index in [0.29, 0.717) is 36.2 Å². The van der Waals surface area contributed by atoms with Crippen molar-refractivity contribution < 1.29 is 9.84 Å². The van der Waals surface area contributed by atoms with E-state index in [-0.39, 0.29) is 30.3 Å². The van der Waals surface area contributed by atoms with Gasteiger partial charge in [0.15, 0.2) is 11.2 Å². The van der Waals surface area contributed by atoms with Crippen LogP contribution in [0.4, 0.5) is 0 Å². The van der Waals surface area contributed by atoms with Gasteiger partial charge in [0.05, 0.1) is 6.54 Å². The van der Waals surface area contributed by atoms with E-state index in [1.807, 2.05) is 43.3 Å². The third kappa shape index (κ3) is 5.04. The minimum Gasteiger partial charge on any atom is -0.425 e. The molecule has 2 aromatic heterocycles. The van der Waals surface area contributed by atoms with Crippen molar-refractivity contribution in [1.82, 2.24) is 18.7 Å². The summed E-state index contributed by atoms with van der Waals surface area (Å²) in [5.41, 5.74) is 1.63. The lowest BCUT2D eigenvalue weighted by Crippen LogP contribution is -2.40. The lowest BCUT2D eigenvalue weighted by Gasteiger charge is -2.13. The Balaban J connectivity index is 1.94. The summed E-state index contributed by atoms with van der Waals surface area (Å²) in [6.45, 7) is 6.64. The Morgan fingerprint density at radius 3 is 2.46 bits per heavy atom. The normalized spacial score (nSPS) is 11.5. The minimum atomic E-state index is -0.463. The van der Waals surface area contributed by atoms with Crippen molar-refractivity contribution in [2.75, 3.05) is 6.61 Å². The van der Waals surface area contributed by atoms with Crippen molar-refractivity contribution in [1.29, 1.82) is 0 Å². The predicted molar refractivity (Wildman–Crippen MR) is 137 cm³/mol. The highest BCUT2D eigenvalue weighted by atomic mass is 35.5. The number of benzene rings is 2. The van der Waals surface area contributed by atoms with Crippen molar-refractivity contribution in [3.8, 4) is 11.8 Å². The van der Waals surface area contributed by atoms with E-state index >= 15 is 0 Å². The van der Waals surface area contributed by atoms with Gasteiger partial charge in [-0.05, 0) is 54.7 Å². The molecule has 0 fully saturated rings. The molecule has 4 rings (SSSR count). The van der Waals surface area contributed by atoms with Crippen LogP contribution in [0.25, 0.3) is 11.2 Å². The molecular formula is C26H29ClN4O4. The summed E-state index contributed by atoms with van der Waals surface area (Å²) in [5.74, 6) is 0.908. The Labute approximate surface area is 208 Å². The number of aromatic nitrogens is 4. The highest BCUT2D eigenvalue weighted by Gasteiger charge is 2.23. The lowest BCUT2D eigenvalue weighted by molar-refractivity contribution is 0.277. The van der Waals surface area contributed by atoms with Crippen LogP contribution >= 0.6 is 11.6 Å². The van der Waals surface area contributed by atoms with Gasteiger partial charge in [0, 0.05) is 24.7 Å². The van der Waals surface area contributed by atoms with Crippen LogP contribution in [0.2, 0.25) is 5.02 Å². The van der Waals surface area contributed by atoms with E-state index in [4.69, 9.17) is 16.3 Å². The monoisotopic (exact) mass is 496 g/mol. The number of aliphatic hydroxyl groups excluding tert-OH is 1. The molecule has 0 saturated carbocycles. The Kier molecular flexibility index (Phi) is 7.42. The number of rotatable bonds is 9. The molecule has 0 radical (unpaired) electrons. The maximum atomic E-state index is 13.5. The number of aryl methyl sites for hydroxylation is 1. The van der Waals surface area contributed by atoms with Crippen molar-refractivity contribution in [3.63, 3.8) is 0 Å².